The molecule has 0 aliphatic heterocycles. The molecule has 0 aliphatic carbocycles. The highest BCUT2D eigenvalue weighted by molar-refractivity contribution is 5.80. The van der Waals surface area contributed by atoms with Crippen LogP contribution in [0.25, 0.3) is 33.9 Å². The van der Waals surface area contributed by atoms with Gasteiger partial charge in [0, 0.05) is 28.7 Å². The number of pyridine rings is 2. The molecule has 0 saturated carbocycles. The van der Waals surface area contributed by atoms with E-state index in [2.05, 4.69) is 28.1 Å². The van der Waals surface area contributed by atoms with E-state index < -0.39 is 0 Å². The van der Waals surface area contributed by atoms with Gasteiger partial charge in [-0.1, -0.05) is 60.7 Å². The number of anilines is 3. The number of nitrogens with zero attached hydrogens (tertiary/aromatic N) is 5. The van der Waals surface area contributed by atoms with Gasteiger partial charge in [-0.05, 0) is 68.4 Å². The number of hydrogen-bond acceptors (Lipinski definition) is 6. The fourth-order valence-electron chi connectivity index (χ4n) is 4.74. The molecular weight excluding hydrogens is 494 g/mol. The normalized spacial score (nSPS) is 10.8. The van der Waals surface area contributed by atoms with Crippen molar-refractivity contribution in [3.05, 3.63) is 133 Å². The quantitative estimate of drug-likeness (QED) is 0.239. The third-order valence-corrected chi connectivity index (χ3v) is 6.66. The molecule has 0 bridgehead atoms. The Balaban J connectivity index is 1.53. The van der Waals surface area contributed by atoms with E-state index in [1.165, 1.54) is 0 Å². The summed E-state index contributed by atoms with van der Waals surface area (Å²) >= 11 is 0. The van der Waals surface area contributed by atoms with E-state index in [4.69, 9.17) is 15.0 Å². The van der Waals surface area contributed by atoms with Gasteiger partial charge in [-0.25, -0.2) is 15.0 Å². The Morgan fingerprint density at radius 1 is 0.625 bits per heavy atom. The van der Waals surface area contributed by atoms with Crippen LogP contribution in [0.4, 0.5) is 17.2 Å². The fraction of sp³-hybridized carbons (Fsp3) is 0.0588. The second-order valence-electron chi connectivity index (χ2n) is 9.48. The van der Waals surface area contributed by atoms with Crippen molar-refractivity contribution in [3.63, 3.8) is 0 Å². The zero-order valence-corrected chi connectivity index (χ0v) is 22.2. The summed E-state index contributed by atoms with van der Waals surface area (Å²) in [5.41, 5.74) is 7.71. The maximum Gasteiger partial charge on any atom is 0.164 e. The molecule has 3 heterocycles. The van der Waals surface area contributed by atoms with Gasteiger partial charge in [0.25, 0.3) is 0 Å². The molecule has 6 nitrogen and oxygen atoms in total. The monoisotopic (exact) mass is 521 g/mol. The van der Waals surface area contributed by atoms with Gasteiger partial charge in [0.2, 0.25) is 0 Å². The minimum Gasteiger partial charge on any atom is -0.507 e. The van der Waals surface area contributed by atoms with Crippen LogP contribution in [0.2, 0.25) is 0 Å². The number of aromatic nitrogens is 4. The highest BCUT2D eigenvalue weighted by Gasteiger charge is 2.18. The molecule has 6 rings (SSSR count). The highest BCUT2D eigenvalue weighted by Crippen LogP contribution is 2.37. The van der Waals surface area contributed by atoms with Crippen molar-refractivity contribution >= 4 is 17.2 Å². The molecular formula is C34H27N5O. The highest BCUT2D eigenvalue weighted by atomic mass is 16.3. The van der Waals surface area contributed by atoms with Crippen LogP contribution in [0.1, 0.15) is 11.4 Å². The van der Waals surface area contributed by atoms with Crippen LogP contribution in [0.3, 0.4) is 0 Å². The summed E-state index contributed by atoms with van der Waals surface area (Å²) in [4.78, 5) is 21.2. The third-order valence-electron chi connectivity index (χ3n) is 6.66. The fourth-order valence-corrected chi connectivity index (χ4v) is 4.74. The van der Waals surface area contributed by atoms with Crippen molar-refractivity contribution in [1.82, 2.24) is 19.9 Å². The second-order valence-corrected chi connectivity index (χ2v) is 9.48. The van der Waals surface area contributed by atoms with Crippen LogP contribution < -0.4 is 4.90 Å². The summed E-state index contributed by atoms with van der Waals surface area (Å²) < 4.78 is 0. The smallest absolute Gasteiger partial charge is 0.164 e. The standard InChI is InChI=1S/C34H27N5O/c1-23-18-19-31(24(2)36-23)39(33-17-8-9-20-35-33)27-14-10-13-26(21-27)30-22-29(25-11-4-3-5-12-25)37-34(38-30)28-15-6-7-16-32(28)40/h3-22,40H,1-2H3. The summed E-state index contributed by atoms with van der Waals surface area (Å²) in [5.74, 6) is 1.38. The number of para-hydroxylation sites is 1. The van der Waals surface area contributed by atoms with E-state index in [9.17, 15) is 5.11 Å². The van der Waals surface area contributed by atoms with Crippen molar-refractivity contribution in [2.24, 2.45) is 0 Å². The SMILES string of the molecule is Cc1ccc(N(c2cccc(-c3cc(-c4ccccc4)nc(-c4ccccc4O)n3)c2)c2ccccn2)c(C)n1. The molecule has 0 spiro atoms. The Kier molecular flexibility index (Phi) is 6.73. The predicted molar refractivity (Wildman–Crippen MR) is 160 cm³/mol. The van der Waals surface area contributed by atoms with E-state index in [-0.39, 0.29) is 5.75 Å². The van der Waals surface area contributed by atoms with Gasteiger partial charge in [-0.15, -0.1) is 0 Å². The largest absolute Gasteiger partial charge is 0.507 e. The zero-order valence-electron chi connectivity index (χ0n) is 22.2. The van der Waals surface area contributed by atoms with Gasteiger partial charge in [-0.2, -0.15) is 0 Å². The first kappa shape index (κ1) is 24.9. The van der Waals surface area contributed by atoms with Gasteiger partial charge in [0.1, 0.15) is 11.6 Å². The maximum atomic E-state index is 10.6. The van der Waals surface area contributed by atoms with Crippen LogP contribution in [0.5, 0.6) is 5.75 Å². The molecule has 0 fully saturated rings. The van der Waals surface area contributed by atoms with E-state index in [1.807, 2.05) is 98.8 Å². The number of phenols is 1. The molecule has 0 radical (unpaired) electrons. The average molecular weight is 522 g/mol. The van der Waals surface area contributed by atoms with E-state index >= 15 is 0 Å². The van der Waals surface area contributed by atoms with Gasteiger partial charge in [-0.3, -0.25) is 9.88 Å². The van der Waals surface area contributed by atoms with Crippen molar-refractivity contribution < 1.29 is 5.11 Å². The van der Waals surface area contributed by atoms with Crippen LogP contribution in [-0.2, 0) is 0 Å². The minimum absolute atomic E-state index is 0.135. The summed E-state index contributed by atoms with van der Waals surface area (Å²) in [5, 5.41) is 10.6. The first-order chi connectivity index (χ1) is 19.6. The summed E-state index contributed by atoms with van der Waals surface area (Å²) in [7, 11) is 0. The maximum absolute atomic E-state index is 10.6. The van der Waals surface area contributed by atoms with Crippen LogP contribution in [0.15, 0.2) is 121 Å². The van der Waals surface area contributed by atoms with Crippen molar-refractivity contribution in [2.75, 3.05) is 4.90 Å². The van der Waals surface area contributed by atoms with E-state index in [1.54, 1.807) is 18.3 Å². The number of phenolic OH excluding ortho intramolecular Hbond substituents is 1. The van der Waals surface area contributed by atoms with Crippen molar-refractivity contribution in [1.29, 1.82) is 0 Å². The van der Waals surface area contributed by atoms with Crippen LogP contribution >= 0.6 is 0 Å². The molecule has 0 saturated heterocycles. The Labute approximate surface area is 233 Å². The lowest BCUT2D eigenvalue weighted by Crippen LogP contribution is -2.13. The van der Waals surface area contributed by atoms with Crippen molar-refractivity contribution in [3.8, 4) is 39.7 Å². The zero-order chi connectivity index (χ0) is 27.5. The van der Waals surface area contributed by atoms with Crippen LogP contribution in [-0.4, -0.2) is 25.0 Å². The molecule has 0 unspecified atom stereocenters. The Morgan fingerprint density at radius 2 is 1.35 bits per heavy atom. The van der Waals surface area contributed by atoms with Gasteiger partial charge in [0.15, 0.2) is 5.82 Å². The Bertz CT molecular complexity index is 1790. The van der Waals surface area contributed by atoms with Gasteiger partial charge >= 0.3 is 0 Å². The van der Waals surface area contributed by atoms with Crippen LogP contribution in [0, 0.1) is 13.8 Å². The van der Waals surface area contributed by atoms with Gasteiger partial charge in [0.05, 0.1) is 28.3 Å². The first-order valence-corrected chi connectivity index (χ1v) is 13.1. The summed E-state index contributed by atoms with van der Waals surface area (Å²) in [6.07, 6.45) is 1.79. The molecule has 0 amide bonds. The van der Waals surface area contributed by atoms with Crippen molar-refractivity contribution in [2.45, 2.75) is 13.8 Å². The molecule has 194 valence electrons. The predicted octanol–water partition coefficient (Wildman–Crippen LogP) is 8.06. The average Bonchev–Trinajstić information content (AvgIpc) is 3.00. The molecule has 3 aromatic heterocycles. The molecule has 6 heteroatoms. The second kappa shape index (κ2) is 10.8. The molecule has 3 aromatic carbocycles. The molecule has 6 aromatic rings. The molecule has 1 N–H and O–H groups in total. The summed E-state index contributed by atoms with van der Waals surface area (Å²) in [6.45, 7) is 4.00. The first-order valence-electron chi connectivity index (χ1n) is 13.1. The number of aryl methyl sites for hydroxylation is 2. The number of benzene rings is 3. The number of aromatic hydroxyl groups is 1. The lowest BCUT2D eigenvalue weighted by atomic mass is 10.1. The Hall–Kier alpha value is -5.36. The lowest BCUT2D eigenvalue weighted by Gasteiger charge is -2.26. The minimum atomic E-state index is 0.135. The molecule has 40 heavy (non-hydrogen) atoms. The Morgan fingerprint density at radius 3 is 2.10 bits per heavy atom. The molecule has 0 atom stereocenters. The lowest BCUT2D eigenvalue weighted by molar-refractivity contribution is 0.477. The molecule has 0 aliphatic rings. The number of hydrogen-bond donors (Lipinski definition) is 1. The third kappa shape index (κ3) is 5.02. The van der Waals surface area contributed by atoms with E-state index in [0.717, 1.165) is 51.1 Å². The number of rotatable bonds is 6. The topological polar surface area (TPSA) is 75.0 Å². The summed E-state index contributed by atoms with van der Waals surface area (Å²) in [6, 6.07) is 37.3. The van der Waals surface area contributed by atoms with Gasteiger partial charge < -0.3 is 5.11 Å². The van der Waals surface area contributed by atoms with E-state index in [0.29, 0.717) is 11.4 Å².